The van der Waals surface area contributed by atoms with Gasteiger partial charge in [0.1, 0.15) is 0 Å². The molecule has 0 N–H and O–H groups in total. The van der Waals surface area contributed by atoms with Gasteiger partial charge in [-0.1, -0.05) is 12.1 Å². The van der Waals surface area contributed by atoms with Gasteiger partial charge in [0.05, 0.1) is 0 Å². The molecule has 1 atom stereocenters. The summed E-state index contributed by atoms with van der Waals surface area (Å²) in [5.74, 6) is -1.83. The van der Waals surface area contributed by atoms with E-state index in [1.165, 1.54) is 17.0 Å². The average molecular weight is 243 g/mol. The number of benzene rings is 1. The van der Waals surface area contributed by atoms with E-state index in [-0.39, 0.29) is 23.3 Å². The largest absolute Gasteiger partial charge is 0.337 e. The first-order chi connectivity index (χ1) is 7.58. The van der Waals surface area contributed by atoms with Crippen LogP contribution in [0, 0.1) is 11.6 Å². The van der Waals surface area contributed by atoms with Gasteiger partial charge in [0.25, 0.3) is 0 Å². The second-order valence-electron chi connectivity index (χ2n) is 3.85. The molecule has 1 amide bonds. The molecule has 1 saturated heterocycles. The average Bonchev–Trinajstić information content (AvgIpc) is 2.53. The molecule has 16 heavy (non-hydrogen) atoms. The molecule has 2 rings (SSSR count). The zero-order valence-corrected chi connectivity index (χ0v) is 9.38. The second-order valence-corrected chi connectivity index (χ2v) is 4.58. The molecule has 0 saturated carbocycles. The summed E-state index contributed by atoms with van der Waals surface area (Å²) < 4.78 is 26.3. The molecule has 1 fully saturated rings. The van der Waals surface area contributed by atoms with Crippen molar-refractivity contribution >= 4 is 18.5 Å². The summed E-state index contributed by atoms with van der Waals surface area (Å²) in [7, 11) is 0. The van der Waals surface area contributed by atoms with E-state index < -0.39 is 11.6 Å². The van der Waals surface area contributed by atoms with E-state index in [0.29, 0.717) is 13.0 Å². The van der Waals surface area contributed by atoms with Crippen LogP contribution >= 0.6 is 12.6 Å². The lowest BCUT2D eigenvalue weighted by molar-refractivity contribution is -0.128. The van der Waals surface area contributed by atoms with Crippen LogP contribution in [0.2, 0.25) is 0 Å². The maximum Gasteiger partial charge on any atom is 0.224 e. The number of hydrogen-bond acceptors (Lipinski definition) is 2. The molecule has 0 radical (unpaired) electrons. The van der Waals surface area contributed by atoms with Crippen LogP contribution < -0.4 is 0 Å². The Morgan fingerprint density at radius 2 is 2.19 bits per heavy atom. The zero-order chi connectivity index (χ0) is 11.7. The van der Waals surface area contributed by atoms with Gasteiger partial charge in [0, 0.05) is 30.3 Å². The fourth-order valence-corrected chi connectivity index (χ4v) is 2.13. The first-order valence-electron chi connectivity index (χ1n) is 4.96. The van der Waals surface area contributed by atoms with Gasteiger partial charge < -0.3 is 4.90 Å². The molecule has 1 aliphatic rings. The lowest BCUT2D eigenvalue weighted by atomic mass is 10.2. The Hall–Kier alpha value is -1.10. The van der Waals surface area contributed by atoms with Crippen molar-refractivity contribution in [1.29, 1.82) is 0 Å². The lowest BCUT2D eigenvalue weighted by Gasteiger charge is -2.16. The van der Waals surface area contributed by atoms with Crippen LogP contribution in [0.3, 0.4) is 0 Å². The monoisotopic (exact) mass is 243 g/mol. The van der Waals surface area contributed by atoms with Crippen LogP contribution in [0.5, 0.6) is 0 Å². The predicted molar refractivity (Wildman–Crippen MR) is 59.2 cm³/mol. The second kappa shape index (κ2) is 4.41. The maximum atomic E-state index is 13.3. The molecule has 1 heterocycles. The van der Waals surface area contributed by atoms with E-state index >= 15 is 0 Å². The minimum atomic E-state index is -0.883. The van der Waals surface area contributed by atoms with Crippen molar-refractivity contribution in [1.82, 2.24) is 4.90 Å². The minimum absolute atomic E-state index is 0.0101. The number of carbonyl (C=O) groups excluding carboxylic acids is 1. The highest BCUT2D eigenvalue weighted by Gasteiger charge is 2.27. The summed E-state index contributed by atoms with van der Waals surface area (Å²) in [5.41, 5.74) is 0.204. The molecular weight excluding hydrogens is 232 g/mol. The van der Waals surface area contributed by atoms with Gasteiger partial charge in [0.15, 0.2) is 11.6 Å². The van der Waals surface area contributed by atoms with E-state index in [0.717, 1.165) is 6.07 Å². The quantitative estimate of drug-likeness (QED) is 0.788. The summed E-state index contributed by atoms with van der Waals surface area (Å²) in [4.78, 5) is 12.9. The van der Waals surface area contributed by atoms with Crippen LogP contribution in [0.25, 0.3) is 0 Å². The Bertz CT molecular complexity index is 424. The lowest BCUT2D eigenvalue weighted by Crippen LogP contribution is -2.25. The summed E-state index contributed by atoms with van der Waals surface area (Å²) >= 11 is 4.19. The molecule has 0 aliphatic carbocycles. The first kappa shape index (κ1) is 11.4. The molecule has 0 aromatic heterocycles. The molecule has 1 unspecified atom stereocenters. The van der Waals surface area contributed by atoms with Gasteiger partial charge in [-0.05, 0) is 6.07 Å². The van der Waals surface area contributed by atoms with Gasteiger partial charge in [-0.25, -0.2) is 8.78 Å². The van der Waals surface area contributed by atoms with E-state index in [9.17, 15) is 13.6 Å². The Kier molecular flexibility index (Phi) is 3.14. The van der Waals surface area contributed by atoms with Crippen molar-refractivity contribution in [3.8, 4) is 0 Å². The standard InChI is InChI=1S/C11H11F2NOS/c12-9-3-1-2-7(11(9)13)5-14-6-8(16)4-10(14)15/h1-3,8,16H,4-6H2. The van der Waals surface area contributed by atoms with Crippen LogP contribution in [-0.2, 0) is 11.3 Å². The number of carbonyl (C=O) groups is 1. The molecule has 0 spiro atoms. The summed E-state index contributed by atoms with van der Waals surface area (Å²) in [6.07, 6.45) is 0.361. The Morgan fingerprint density at radius 3 is 2.81 bits per heavy atom. The first-order valence-corrected chi connectivity index (χ1v) is 5.48. The molecule has 86 valence electrons. The Morgan fingerprint density at radius 1 is 1.44 bits per heavy atom. The van der Waals surface area contributed by atoms with Crippen LogP contribution in [-0.4, -0.2) is 22.6 Å². The van der Waals surface area contributed by atoms with Crippen molar-refractivity contribution < 1.29 is 13.6 Å². The third-order valence-corrected chi connectivity index (χ3v) is 2.93. The van der Waals surface area contributed by atoms with Crippen molar-refractivity contribution in [2.24, 2.45) is 0 Å². The fraction of sp³-hybridized carbons (Fsp3) is 0.364. The fourth-order valence-electron chi connectivity index (χ4n) is 1.78. The molecular formula is C11H11F2NOS. The zero-order valence-electron chi connectivity index (χ0n) is 8.49. The van der Waals surface area contributed by atoms with Gasteiger partial charge in [-0.2, -0.15) is 12.6 Å². The van der Waals surface area contributed by atoms with Crippen molar-refractivity contribution in [3.63, 3.8) is 0 Å². The summed E-state index contributed by atoms with van der Waals surface area (Å²) in [6.45, 7) is 0.595. The number of nitrogens with zero attached hydrogens (tertiary/aromatic N) is 1. The number of halogens is 2. The van der Waals surface area contributed by atoms with Crippen LogP contribution in [0.15, 0.2) is 18.2 Å². The molecule has 2 nitrogen and oxygen atoms in total. The number of thiol groups is 1. The van der Waals surface area contributed by atoms with Gasteiger partial charge in [-0.3, -0.25) is 4.79 Å². The van der Waals surface area contributed by atoms with Crippen LogP contribution in [0.4, 0.5) is 8.78 Å². The summed E-state index contributed by atoms with van der Waals surface area (Å²) in [6, 6.07) is 3.98. The molecule has 0 bridgehead atoms. The molecule has 1 aliphatic heterocycles. The highest BCUT2D eigenvalue weighted by atomic mass is 32.1. The normalized spacial score (nSPS) is 20.6. The van der Waals surface area contributed by atoms with Crippen molar-refractivity contribution in [2.45, 2.75) is 18.2 Å². The highest BCUT2D eigenvalue weighted by molar-refractivity contribution is 7.81. The van der Waals surface area contributed by atoms with Gasteiger partial charge in [-0.15, -0.1) is 0 Å². The van der Waals surface area contributed by atoms with Gasteiger partial charge in [0.2, 0.25) is 5.91 Å². The minimum Gasteiger partial charge on any atom is -0.337 e. The molecule has 1 aromatic rings. The van der Waals surface area contributed by atoms with Crippen molar-refractivity contribution in [2.75, 3.05) is 6.54 Å². The molecule has 5 heteroatoms. The van der Waals surface area contributed by atoms with E-state index in [2.05, 4.69) is 12.6 Å². The third-order valence-electron chi connectivity index (χ3n) is 2.59. The Labute approximate surface area is 97.7 Å². The topological polar surface area (TPSA) is 20.3 Å². The summed E-state index contributed by atoms with van der Waals surface area (Å²) in [5, 5.41) is -0.0101. The van der Waals surface area contributed by atoms with E-state index in [1.807, 2.05) is 0 Å². The number of amides is 1. The smallest absolute Gasteiger partial charge is 0.224 e. The third kappa shape index (κ3) is 2.19. The maximum absolute atomic E-state index is 13.3. The number of hydrogen-bond donors (Lipinski definition) is 1. The van der Waals surface area contributed by atoms with E-state index in [4.69, 9.17) is 0 Å². The SMILES string of the molecule is O=C1CC(S)CN1Cc1cccc(F)c1F. The number of rotatable bonds is 2. The molecule has 1 aromatic carbocycles. The van der Waals surface area contributed by atoms with Crippen LogP contribution in [0.1, 0.15) is 12.0 Å². The predicted octanol–water partition coefficient (Wildman–Crippen LogP) is 2.00. The highest BCUT2D eigenvalue weighted by Crippen LogP contribution is 2.20. The van der Waals surface area contributed by atoms with E-state index in [1.54, 1.807) is 0 Å². The number of likely N-dealkylation sites (tertiary alicyclic amines) is 1. The van der Waals surface area contributed by atoms with Gasteiger partial charge >= 0.3 is 0 Å². The van der Waals surface area contributed by atoms with Crippen molar-refractivity contribution in [3.05, 3.63) is 35.4 Å². The Balaban J connectivity index is 2.15.